The van der Waals surface area contributed by atoms with Crippen LogP contribution in [0.25, 0.3) is 0 Å². The number of nitrogens with one attached hydrogen (secondary N) is 2. The summed E-state index contributed by atoms with van der Waals surface area (Å²) in [4.78, 5) is 22.2. The first kappa shape index (κ1) is 12.3. The summed E-state index contributed by atoms with van der Waals surface area (Å²) in [5.74, 6) is -0.281. The quantitative estimate of drug-likeness (QED) is 0.429. The van der Waals surface area contributed by atoms with Gasteiger partial charge >= 0.3 is 0 Å². The molecule has 1 unspecified atom stereocenters. The van der Waals surface area contributed by atoms with Gasteiger partial charge in [0.15, 0.2) is 5.69 Å². The second-order valence-electron chi connectivity index (χ2n) is 4.86. The van der Waals surface area contributed by atoms with Crippen molar-refractivity contribution in [3.8, 4) is 0 Å². The van der Waals surface area contributed by atoms with Crippen molar-refractivity contribution in [3.63, 3.8) is 0 Å². The van der Waals surface area contributed by atoms with E-state index in [4.69, 9.17) is 10.8 Å². The molecule has 1 saturated heterocycles. The molecule has 0 bridgehead atoms. The number of nitrogens with zero attached hydrogens (tertiary/aromatic N) is 2. The molecule has 0 radical (unpaired) electrons. The van der Waals surface area contributed by atoms with E-state index in [0.29, 0.717) is 12.1 Å². The van der Waals surface area contributed by atoms with E-state index in [1.807, 2.05) is 0 Å². The highest BCUT2D eigenvalue weighted by atomic mass is 16.3. The maximum Gasteiger partial charge on any atom is 0.278 e. The van der Waals surface area contributed by atoms with Gasteiger partial charge in [-0.25, -0.2) is 4.98 Å². The number of hydrogen-bond donors (Lipinski definition) is 5. The molecule has 0 aliphatic carbocycles. The minimum Gasteiger partial charge on any atom is -0.395 e. The Morgan fingerprint density at radius 3 is 3.00 bits per heavy atom. The van der Waals surface area contributed by atoms with Gasteiger partial charge in [0.05, 0.1) is 24.3 Å². The van der Waals surface area contributed by atoms with Crippen LogP contribution in [-0.2, 0) is 0 Å². The number of fused-ring (bicyclic) bond motifs is 1. The highest BCUT2D eigenvalue weighted by Crippen LogP contribution is 2.33. The zero-order valence-electron chi connectivity index (χ0n) is 10.1. The first-order valence-corrected chi connectivity index (χ1v) is 6.09. The van der Waals surface area contributed by atoms with Crippen molar-refractivity contribution in [2.24, 2.45) is 4.99 Å². The Labute approximate surface area is 108 Å². The van der Waals surface area contributed by atoms with Crippen LogP contribution in [0.4, 0.5) is 11.6 Å². The summed E-state index contributed by atoms with van der Waals surface area (Å²) in [6.45, 7) is -0.0464. The lowest BCUT2D eigenvalue weighted by Gasteiger charge is -2.20. The summed E-state index contributed by atoms with van der Waals surface area (Å²) in [5, 5.41) is 22.3. The monoisotopic (exact) mass is 265 g/mol. The minimum atomic E-state index is -0.623. The Balaban J connectivity index is 1.95. The number of anilines is 1. The molecular formula is C11H15N5O3. The molecule has 1 aromatic heterocycles. The third kappa shape index (κ3) is 1.93. The van der Waals surface area contributed by atoms with Crippen LogP contribution >= 0.6 is 0 Å². The van der Waals surface area contributed by atoms with Gasteiger partial charge in [-0.3, -0.25) is 14.8 Å². The third-order valence-electron chi connectivity index (χ3n) is 3.60. The molecule has 4 atom stereocenters. The van der Waals surface area contributed by atoms with Crippen molar-refractivity contribution < 1.29 is 10.2 Å². The molecule has 1 fully saturated rings. The number of nitrogen functional groups attached to an aromatic ring is 1. The highest BCUT2D eigenvalue weighted by molar-refractivity contribution is 5.80. The van der Waals surface area contributed by atoms with E-state index in [1.54, 1.807) is 6.21 Å². The third-order valence-corrected chi connectivity index (χ3v) is 3.60. The Hall–Kier alpha value is -1.77. The van der Waals surface area contributed by atoms with Crippen molar-refractivity contribution in [1.29, 1.82) is 0 Å². The second-order valence-corrected chi connectivity index (χ2v) is 4.86. The van der Waals surface area contributed by atoms with Gasteiger partial charge < -0.3 is 21.3 Å². The first-order chi connectivity index (χ1) is 9.10. The predicted molar refractivity (Wildman–Crippen MR) is 68.6 cm³/mol. The van der Waals surface area contributed by atoms with Gasteiger partial charge in [-0.05, 0) is 6.42 Å². The summed E-state index contributed by atoms with van der Waals surface area (Å²) in [6, 6.07) is -0.479. The van der Waals surface area contributed by atoms with Crippen LogP contribution < -0.4 is 16.6 Å². The molecule has 3 heterocycles. The van der Waals surface area contributed by atoms with E-state index in [-0.39, 0.29) is 41.8 Å². The molecule has 0 spiro atoms. The molecule has 2 aliphatic rings. The molecule has 8 nitrogen and oxygen atoms in total. The summed E-state index contributed by atoms with van der Waals surface area (Å²) in [5.41, 5.74) is 5.86. The van der Waals surface area contributed by atoms with Gasteiger partial charge in [-0.1, -0.05) is 0 Å². The maximum atomic E-state index is 11.7. The summed E-state index contributed by atoms with van der Waals surface area (Å²) in [6.07, 6.45) is 1.42. The van der Waals surface area contributed by atoms with Crippen LogP contribution in [-0.4, -0.2) is 51.2 Å². The number of aromatic amines is 1. The van der Waals surface area contributed by atoms with Crippen molar-refractivity contribution in [2.45, 2.75) is 30.5 Å². The van der Waals surface area contributed by atoms with Gasteiger partial charge in [0.2, 0.25) is 5.95 Å². The molecule has 102 valence electrons. The van der Waals surface area contributed by atoms with Crippen LogP contribution in [0.1, 0.15) is 18.0 Å². The van der Waals surface area contributed by atoms with Gasteiger partial charge in [0.25, 0.3) is 5.56 Å². The van der Waals surface area contributed by atoms with Gasteiger partial charge in [-0.2, -0.15) is 0 Å². The molecule has 0 saturated carbocycles. The van der Waals surface area contributed by atoms with E-state index in [9.17, 15) is 9.90 Å². The minimum absolute atomic E-state index is 0.0328. The number of aromatic nitrogens is 2. The number of nitrogens with two attached hydrogens (primary N) is 1. The standard InChI is InChI=1S/C11H15N5O3/c12-11-15-8-5(2-13-9(8)10(19)16-11)7-6(18)1-4(3-17)14-7/h2,4-7,14,17-18H,1,3H2,(H3,12,15,16,19)/t4-,5?,6+,7-/m0/s1. The Morgan fingerprint density at radius 1 is 1.53 bits per heavy atom. The zero-order valence-corrected chi connectivity index (χ0v) is 10.1. The molecule has 0 amide bonds. The molecule has 6 N–H and O–H groups in total. The number of H-pyrrole nitrogens is 1. The Morgan fingerprint density at radius 2 is 2.32 bits per heavy atom. The molecule has 3 rings (SSSR count). The molecule has 0 aromatic carbocycles. The van der Waals surface area contributed by atoms with E-state index in [0.717, 1.165) is 0 Å². The second kappa shape index (κ2) is 4.41. The largest absolute Gasteiger partial charge is 0.395 e. The molecule has 19 heavy (non-hydrogen) atoms. The van der Waals surface area contributed by atoms with Crippen molar-refractivity contribution >= 4 is 17.9 Å². The summed E-state index contributed by atoms with van der Waals surface area (Å²) in [7, 11) is 0. The Kier molecular flexibility index (Phi) is 2.85. The smallest absolute Gasteiger partial charge is 0.278 e. The van der Waals surface area contributed by atoms with E-state index in [1.165, 1.54) is 0 Å². The van der Waals surface area contributed by atoms with Crippen molar-refractivity contribution in [1.82, 2.24) is 15.3 Å². The molecular weight excluding hydrogens is 250 g/mol. The average molecular weight is 265 g/mol. The van der Waals surface area contributed by atoms with Crippen LogP contribution in [0.15, 0.2) is 9.79 Å². The van der Waals surface area contributed by atoms with Crippen LogP contribution in [0.2, 0.25) is 0 Å². The fourth-order valence-corrected chi connectivity index (χ4v) is 2.71. The normalized spacial score (nSPS) is 32.7. The molecule has 8 heteroatoms. The fraction of sp³-hybridized carbons (Fsp3) is 0.545. The number of hydrogen-bond acceptors (Lipinski definition) is 7. The number of aliphatic hydroxyl groups is 2. The highest BCUT2D eigenvalue weighted by Gasteiger charge is 2.40. The SMILES string of the molecule is Nc1nc2c(c(=O)[nH]1)N=CC2[C@@H]1N[C@H](CO)C[C@H]1O. The van der Waals surface area contributed by atoms with Gasteiger partial charge in [0, 0.05) is 18.3 Å². The van der Waals surface area contributed by atoms with Crippen molar-refractivity contribution in [2.75, 3.05) is 12.3 Å². The summed E-state index contributed by atoms with van der Waals surface area (Å²) >= 11 is 0. The lowest BCUT2D eigenvalue weighted by atomic mass is 9.95. The lowest BCUT2D eigenvalue weighted by Crippen LogP contribution is -2.40. The van der Waals surface area contributed by atoms with Crippen molar-refractivity contribution in [3.05, 3.63) is 16.0 Å². The predicted octanol–water partition coefficient (Wildman–Crippen LogP) is -1.76. The van der Waals surface area contributed by atoms with E-state index < -0.39 is 6.10 Å². The lowest BCUT2D eigenvalue weighted by molar-refractivity contribution is 0.153. The molecule has 2 aliphatic heterocycles. The van der Waals surface area contributed by atoms with Crippen LogP contribution in [0.5, 0.6) is 0 Å². The summed E-state index contributed by atoms with van der Waals surface area (Å²) < 4.78 is 0. The average Bonchev–Trinajstić information content (AvgIpc) is 2.92. The first-order valence-electron chi connectivity index (χ1n) is 6.09. The topological polar surface area (TPSA) is 137 Å². The number of aliphatic hydroxyl groups excluding tert-OH is 2. The molecule has 1 aromatic rings. The Bertz CT molecular complexity index is 584. The number of rotatable bonds is 2. The van der Waals surface area contributed by atoms with Gasteiger partial charge in [-0.15, -0.1) is 0 Å². The number of aliphatic imine (C=N–C) groups is 1. The maximum absolute atomic E-state index is 11.7. The van der Waals surface area contributed by atoms with E-state index in [2.05, 4.69) is 20.3 Å². The zero-order chi connectivity index (χ0) is 13.6. The van der Waals surface area contributed by atoms with Crippen LogP contribution in [0.3, 0.4) is 0 Å². The fourth-order valence-electron chi connectivity index (χ4n) is 2.71. The van der Waals surface area contributed by atoms with Gasteiger partial charge in [0.1, 0.15) is 0 Å². The van der Waals surface area contributed by atoms with Crippen LogP contribution in [0, 0.1) is 0 Å². The van der Waals surface area contributed by atoms with E-state index >= 15 is 0 Å².